The molecule has 1 amide bonds. The molecule has 1 aromatic heterocycles. The Bertz CT molecular complexity index is 979. The maximum absolute atomic E-state index is 12.3. The summed E-state index contributed by atoms with van der Waals surface area (Å²) in [5.41, 5.74) is 1.55. The van der Waals surface area contributed by atoms with Crippen LogP contribution in [0.15, 0.2) is 47.4 Å². The van der Waals surface area contributed by atoms with E-state index in [2.05, 4.69) is 15.3 Å². The zero-order valence-electron chi connectivity index (χ0n) is 12.0. The van der Waals surface area contributed by atoms with Gasteiger partial charge in [-0.05, 0) is 30.3 Å². The molecule has 3 rings (SSSR count). The molecular weight excluding hydrogens is 338 g/mol. The van der Waals surface area contributed by atoms with Crippen LogP contribution >= 0.6 is 11.6 Å². The molecular formula is C15H12ClN3O3S. The highest BCUT2D eigenvalue weighted by molar-refractivity contribution is 7.90. The van der Waals surface area contributed by atoms with Gasteiger partial charge in [-0.25, -0.2) is 13.4 Å². The molecule has 0 fully saturated rings. The van der Waals surface area contributed by atoms with Crippen molar-refractivity contribution in [3.63, 3.8) is 0 Å². The van der Waals surface area contributed by atoms with Crippen molar-refractivity contribution >= 4 is 44.3 Å². The highest BCUT2D eigenvalue weighted by atomic mass is 35.5. The number of hydrogen-bond donors (Lipinski definition) is 2. The number of para-hydroxylation sites is 2. The van der Waals surface area contributed by atoms with Gasteiger partial charge >= 0.3 is 0 Å². The fraction of sp³-hybridized carbons (Fsp3) is 0.0667. The number of fused-ring (bicyclic) bond motifs is 1. The van der Waals surface area contributed by atoms with Crippen molar-refractivity contribution in [1.29, 1.82) is 0 Å². The molecule has 3 aromatic rings. The number of aromatic amines is 1. The lowest BCUT2D eigenvalue weighted by Gasteiger charge is -2.06. The zero-order valence-corrected chi connectivity index (χ0v) is 13.6. The van der Waals surface area contributed by atoms with Crippen LogP contribution in [0.25, 0.3) is 11.0 Å². The van der Waals surface area contributed by atoms with Crippen molar-refractivity contribution in [2.75, 3.05) is 11.6 Å². The van der Waals surface area contributed by atoms with E-state index in [1.54, 1.807) is 6.07 Å². The van der Waals surface area contributed by atoms with E-state index in [0.29, 0.717) is 5.52 Å². The maximum atomic E-state index is 12.3. The Hall–Kier alpha value is -2.38. The van der Waals surface area contributed by atoms with Gasteiger partial charge < -0.3 is 4.98 Å². The molecule has 23 heavy (non-hydrogen) atoms. The fourth-order valence-corrected chi connectivity index (χ4v) is 2.95. The molecule has 0 aliphatic rings. The standard InChI is InChI=1S/C15H12ClN3O3S/c1-23(21,22)9-6-7-11(16)10(8-9)14(20)19-15-17-12-4-2-3-5-13(12)18-15/h2-8H,1H3,(H2,17,18,19,20). The summed E-state index contributed by atoms with van der Waals surface area (Å²) in [6, 6.07) is 11.3. The van der Waals surface area contributed by atoms with Crippen LogP contribution in [0.5, 0.6) is 0 Å². The normalized spacial score (nSPS) is 11.6. The third-order valence-corrected chi connectivity index (χ3v) is 4.67. The molecule has 0 radical (unpaired) electrons. The number of carbonyl (C=O) groups is 1. The van der Waals surface area contributed by atoms with Crippen LogP contribution in [0.4, 0.5) is 5.95 Å². The number of amides is 1. The smallest absolute Gasteiger partial charge is 0.259 e. The molecule has 0 atom stereocenters. The number of carbonyl (C=O) groups excluding carboxylic acids is 1. The predicted octanol–water partition coefficient (Wildman–Crippen LogP) is 2.87. The average molecular weight is 350 g/mol. The summed E-state index contributed by atoms with van der Waals surface area (Å²) in [5.74, 6) is -0.281. The van der Waals surface area contributed by atoms with Gasteiger partial charge in [0.1, 0.15) is 0 Å². The first-order chi connectivity index (χ1) is 10.8. The van der Waals surface area contributed by atoms with Crippen molar-refractivity contribution in [2.45, 2.75) is 4.90 Å². The number of sulfone groups is 1. The lowest BCUT2D eigenvalue weighted by molar-refractivity contribution is 0.102. The fourth-order valence-electron chi connectivity index (χ4n) is 2.10. The summed E-state index contributed by atoms with van der Waals surface area (Å²) in [6.07, 6.45) is 1.07. The van der Waals surface area contributed by atoms with Crippen LogP contribution in [0.1, 0.15) is 10.4 Å². The van der Waals surface area contributed by atoms with Gasteiger partial charge in [0.05, 0.1) is 26.5 Å². The molecule has 8 heteroatoms. The minimum Gasteiger partial charge on any atom is -0.324 e. The molecule has 0 bridgehead atoms. The number of benzene rings is 2. The van der Waals surface area contributed by atoms with Gasteiger partial charge in [-0.2, -0.15) is 0 Å². The summed E-state index contributed by atoms with van der Waals surface area (Å²) >= 11 is 6.00. The third kappa shape index (κ3) is 3.20. The number of H-pyrrole nitrogens is 1. The van der Waals surface area contributed by atoms with E-state index in [0.717, 1.165) is 11.8 Å². The van der Waals surface area contributed by atoms with E-state index in [1.165, 1.54) is 18.2 Å². The van der Waals surface area contributed by atoms with Crippen molar-refractivity contribution in [3.8, 4) is 0 Å². The molecule has 0 spiro atoms. The summed E-state index contributed by atoms with van der Waals surface area (Å²) < 4.78 is 23.2. The van der Waals surface area contributed by atoms with Crippen molar-refractivity contribution in [2.24, 2.45) is 0 Å². The summed E-state index contributed by atoms with van der Waals surface area (Å²) in [6.45, 7) is 0. The van der Waals surface area contributed by atoms with E-state index in [9.17, 15) is 13.2 Å². The van der Waals surface area contributed by atoms with Crippen LogP contribution in [0.3, 0.4) is 0 Å². The second kappa shape index (κ2) is 5.68. The van der Waals surface area contributed by atoms with Gasteiger partial charge in [0.2, 0.25) is 5.95 Å². The van der Waals surface area contributed by atoms with Gasteiger partial charge in [-0.15, -0.1) is 0 Å². The molecule has 0 aliphatic heterocycles. The number of imidazole rings is 1. The van der Waals surface area contributed by atoms with Gasteiger partial charge in [0, 0.05) is 6.26 Å². The van der Waals surface area contributed by atoms with Gasteiger partial charge in [0.25, 0.3) is 5.91 Å². The SMILES string of the molecule is CS(=O)(=O)c1ccc(Cl)c(C(=O)Nc2nc3ccccc3[nH]2)c1. The Morgan fingerprint density at radius 2 is 1.96 bits per heavy atom. The van der Waals surface area contributed by atoms with Crippen LogP contribution < -0.4 is 5.32 Å². The number of anilines is 1. The lowest BCUT2D eigenvalue weighted by atomic mass is 10.2. The van der Waals surface area contributed by atoms with Crippen molar-refractivity contribution in [3.05, 3.63) is 53.1 Å². The monoisotopic (exact) mass is 349 g/mol. The highest BCUT2D eigenvalue weighted by Crippen LogP contribution is 2.22. The summed E-state index contributed by atoms with van der Waals surface area (Å²) in [4.78, 5) is 19.6. The summed E-state index contributed by atoms with van der Waals surface area (Å²) in [5, 5.41) is 2.74. The first kappa shape index (κ1) is 15.5. The van der Waals surface area contributed by atoms with E-state index in [4.69, 9.17) is 11.6 Å². The van der Waals surface area contributed by atoms with E-state index < -0.39 is 15.7 Å². The molecule has 1 heterocycles. The van der Waals surface area contributed by atoms with E-state index in [-0.39, 0.29) is 21.4 Å². The number of aromatic nitrogens is 2. The molecule has 2 N–H and O–H groups in total. The van der Waals surface area contributed by atoms with Gasteiger partial charge in [-0.3, -0.25) is 10.1 Å². The summed E-state index contributed by atoms with van der Waals surface area (Å²) in [7, 11) is -3.43. The van der Waals surface area contributed by atoms with Crippen LogP contribution in [-0.4, -0.2) is 30.5 Å². The van der Waals surface area contributed by atoms with Crippen LogP contribution in [0.2, 0.25) is 5.02 Å². The predicted molar refractivity (Wildman–Crippen MR) is 88.6 cm³/mol. The molecule has 2 aromatic carbocycles. The molecule has 6 nitrogen and oxygen atoms in total. The molecule has 0 unspecified atom stereocenters. The molecule has 0 saturated heterocycles. The minimum atomic E-state index is -3.43. The Kier molecular flexibility index (Phi) is 3.83. The van der Waals surface area contributed by atoms with Gasteiger partial charge in [-0.1, -0.05) is 23.7 Å². The number of rotatable bonds is 3. The topological polar surface area (TPSA) is 91.9 Å². The zero-order chi connectivity index (χ0) is 16.6. The number of nitrogens with zero attached hydrogens (tertiary/aromatic N) is 1. The van der Waals surface area contributed by atoms with Crippen LogP contribution in [0, 0.1) is 0 Å². The van der Waals surface area contributed by atoms with Crippen molar-refractivity contribution in [1.82, 2.24) is 9.97 Å². The molecule has 0 aliphatic carbocycles. The Labute approximate surface area is 137 Å². The van der Waals surface area contributed by atoms with Gasteiger partial charge in [0.15, 0.2) is 9.84 Å². The van der Waals surface area contributed by atoms with E-state index in [1.807, 2.05) is 18.2 Å². The molecule has 118 valence electrons. The first-order valence-corrected chi connectivity index (χ1v) is 8.87. The Morgan fingerprint density at radius 1 is 1.22 bits per heavy atom. The second-order valence-electron chi connectivity index (χ2n) is 4.97. The average Bonchev–Trinajstić information content (AvgIpc) is 2.88. The number of halogens is 1. The maximum Gasteiger partial charge on any atom is 0.259 e. The first-order valence-electron chi connectivity index (χ1n) is 6.60. The second-order valence-corrected chi connectivity index (χ2v) is 7.39. The molecule has 0 saturated carbocycles. The Morgan fingerprint density at radius 3 is 2.65 bits per heavy atom. The van der Waals surface area contributed by atoms with E-state index >= 15 is 0 Å². The lowest BCUT2D eigenvalue weighted by Crippen LogP contribution is -2.14. The van der Waals surface area contributed by atoms with Crippen LogP contribution in [-0.2, 0) is 9.84 Å². The quantitative estimate of drug-likeness (QED) is 0.760. The highest BCUT2D eigenvalue weighted by Gasteiger charge is 2.16. The minimum absolute atomic E-state index is 0.0247. The number of hydrogen-bond acceptors (Lipinski definition) is 4. The van der Waals surface area contributed by atoms with Crippen molar-refractivity contribution < 1.29 is 13.2 Å². The number of nitrogens with one attached hydrogen (secondary N) is 2. The largest absolute Gasteiger partial charge is 0.324 e. The Balaban J connectivity index is 1.94. The third-order valence-electron chi connectivity index (χ3n) is 3.23.